The minimum atomic E-state index is -4.24. The van der Waals surface area contributed by atoms with Gasteiger partial charge < -0.3 is 0 Å². The van der Waals surface area contributed by atoms with Gasteiger partial charge in [-0.2, -0.15) is 21.9 Å². The van der Waals surface area contributed by atoms with Crippen molar-refractivity contribution in [3.63, 3.8) is 0 Å². The van der Waals surface area contributed by atoms with Crippen molar-refractivity contribution in [2.75, 3.05) is 0 Å². The Morgan fingerprint density at radius 1 is 0.700 bits per heavy atom. The Kier molecular flexibility index (Phi) is 8.36. The van der Waals surface area contributed by atoms with E-state index >= 15 is 0 Å². The molecule has 1 N–H and O–H groups in total. The van der Waals surface area contributed by atoms with Crippen molar-refractivity contribution in [1.29, 1.82) is 0 Å². The monoisotopic (exact) mass is 452 g/mol. The molecule has 4 rings (SSSR count). The summed E-state index contributed by atoms with van der Waals surface area (Å²) in [5, 5.41) is 0. The topological polar surface area (TPSA) is 54.4 Å². The van der Waals surface area contributed by atoms with Gasteiger partial charge in [-0.05, 0) is 85.5 Å². The van der Waals surface area contributed by atoms with Crippen LogP contribution in [0.1, 0.15) is 136 Å². The maximum atomic E-state index is 12.9. The molecule has 0 bridgehead atoms. The standard InChI is InChI=1S/C25H38O3S.H2S/c1-18-17-22(19-11-5-2-6-12-19)25(29(26,27)28)24(21-15-9-4-10-16-21)23(18)20-13-7-3-8-14-20;/h17,19-21H,2-16H2,1H3,(H,26,27,28);1H2. The van der Waals surface area contributed by atoms with Crippen molar-refractivity contribution >= 4 is 23.6 Å². The molecular formula is C25H40O3S2. The Labute approximate surface area is 190 Å². The first kappa shape index (κ1) is 24.1. The lowest BCUT2D eigenvalue weighted by Gasteiger charge is -2.35. The Hall–Kier alpha value is -0.520. The summed E-state index contributed by atoms with van der Waals surface area (Å²) in [7, 11) is -4.24. The molecular weight excluding hydrogens is 412 g/mol. The van der Waals surface area contributed by atoms with Crippen LogP contribution in [-0.2, 0) is 10.1 Å². The summed E-state index contributed by atoms with van der Waals surface area (Å²) in [5.74, 6) is 1.03. The predicted octanol–water partition coefficient (Wildman–Crippen LogP) is 7.50. The second-order valence-electron chi connectivity index (χ2n) is 9.92. The van der Waals surface area contributed by atoms with Crippen LogP contribution in [0.3, 0.4) is 0 Å². The van der Waals surface area contributed by atoms with Crippen LogP contribution < -0.4 is 0 Å². The summed E-state index contributed by atoms with van der Waals surface area (Å²) in [5.41, 5.74) is 4.55. The van der Waals surface area contributed by atoms with E-state index in [4.69, 9.17) is 0 Å². The summed E-state index contributed by atoms with van der Waals surface area (Å²) >= 11 is 0. The van der Waals surface area contributed by atoms with Gasteiger partial charge in [0.25, 0.3) is 10.1 Å². The van der Waals surface area contributed by atoms with Crippen LogP contribution in [0.25, 0.3) is 0 Å². The van der Waals surface area contributed by atoms with Gasteiger partial charge in [0.05, 0.1) is 0 Å². The maximum Gasteiger partial charge on any atom is 0.295 e. The van der Waals surface area contributed by atoms with Gasteiger partial charge in [-0.25, -0.2) is 0 Å². The molecule has 0 radical (unpaired) electrons. The Balaban J connectivity index is 0.00000256. The maximum absolute atomic E-state index is 12.9. The lowest BCUT2D eigenvalue weighted by atomic mass is 9.72. The van der Waals surface area contributed by atoms with Crippen molar-refractivity contribution in [3.8, 4) is 0 Å². The van der Waals surface area contributed by atoms with Crippen LogP contribution in [0.2, 0.25) is 0 Å². The van der Waals surface area contributed by atoms with Crippen molar-refractivity contribution < 1.29 is 13.0 Å². The third kappa shape index (κ3) is 5.10. The van der Waals surface area contributed by atoms with Gasteiger partial charge in [0.2, 0.25) is 0 Å². The molecule has 3 saturated carbocycles. The largest absolute Gasteiger partial charge is 0.295 e. The lowest BCUT2D eigenvalue weighted by Crippen LogP contribution is -2.21. The molecule has 0 atom stereocenters. The van der Waals surface area contributed by atoms with Crippen LogP contribution in [-0.4, -0.2) is 13.0 Å². The van der Waals surface area contributed by atoms with E-state index in [9.17, 15) is 13.0 Å². The van der Waals surface area contributed by atoms with Crippen LogP contribution in [0.5, 0.6) is 0 Å². The number of hydrogen-bond donors (Lipinski definition) is 1. The third-order valence-electron chi connectivity index (χ3n) is 7.92. The highest BCUT2D eigenvalue weighted by molar-refractivity contribution is 7.86. The Bertz CT molecular complexity index is 813. The SMILES string of the molecule is Cc1cc(C2CCCCC2)c(S(=O)(=O)O)c(C2CCCCC2)c1C1CCCCC1.S. The van der Waals surface area contributed by atoms with Gasteiger partial charge in [-0.15, -0.1) is 0 Å². The molecule has 3 nitrogen and oxygen atoms in total. The Morgan fingerprint density at radius 2 is 1.10 bits per heavy atom. The second kappa shape index (κ2) is 10.4. The quantitative estimate of drug-likeness (QED) is 0.481. The zero-order valence-corrected chi connectivity index (χ0v) is 20.4. The van der Waals surface area contributed by atoms with Gasteiger partial charge in [-0.3, -0.25) is 4.55 Å². The van der Waals surface area contributed by atoms with Gasteiger partial charge in [0, 0.05) is 0 Å². The molecule has 0 heterocycles. The number of hydrogen-bond acceptors (Lipinski definition) is 2. The van der Waals surface area contributed by atoms with Crippen molar-refractivity contribution in [1.82, 2.24) is 0 Å². The van der Waals surface area contributed by atoms with Gasteiger partial charge in [0.1, 0.15) is 4.90 Å². The van der Waals surface area contributed by atoms with Crippen LogP contribution in [0.4, 0.5) is 0 Å². The molecule has 0 unspecified atom stereocenters. The highest BCUT2D eigenvalue weighted by Gasteiger charge is 2.35. The van der Waals surface area contributed by atoms with Crippen LogP contribution >= 0.6 is 13.5 Å². The molecule has 170 valence electrons. The van der Waals surface area contributed by atoms with E-state index in [-0.39, 0.29) is 19.4 Å². The molecule has 0 saturated heterocycles. The normalized spacial score (nSPS) is 22.6. The van der Waals surface area contributed by atoms with Crippen molar-refractivity contribution in [3.05, 3.63) is 28.3 Å². The molecule has 1 aromatic rings. The van der Waals surface area contributed by atoms with Crippen molar-refractivity contribution in [2.24, 2.45) is 0 Å². The first-order chi connectivity index (χ1) is 14.0. The Morgan fingerprint density at radius 3 is 1.53 bits per heavy atom. The molecule has 3 aliphatic rings. The fraction of sp³-hybridized carbons (Fsp3) is 0.760. The van der Waals surface area contributed by atoms with E-state index in [2.05, 4.69) is 13.0 Å². The third-order valence-corrected chi connectivity index (χ3v) is 8.90. The van der Waals surface area contributed by atoms with Gasteiger partial charge in [0.15, 0.2) is 0 Å². The molecule has 0 spiro atoms. The van der Waals surface area contributed by atoms with E-state index in [0.29, 0.717) is 16.7 Å². The van der Waals surface area contributed by atoms with E-state index in [0.717, 1.165) is 62.5 Å². The van der Waals surface area contributed by atoms with Gasteiger partial charge >= 0.3 is 0 Å². The predicted molar refractivity (Wildman–Crippen MR) is 129 cm³/mol. The molecule has 0 aromatic heterocycles. The molecule has 0 amide bonds. The molecule has 1 aromatic carbocycles. The highest BCUT2D eigenvalue weighted by atomic mass is 32.2. The average Bonchev–Trinajstić information content (AvgIpc) is 2.74. The van der Waals surface area contributed by atoms with Crippen molar-refractivity contribution in [2.45, 2.75) is 126 Å². The number of benzene rings is 1. The molecule has 5 heteroatoms. The lowest BCUT2D eigenvalue weighted by molar-refractivity contribution is 0.403. The number of rotatable bonds is 4. The minimum Gasteiger partial charge on any atom is -0.282 e. The molecule has 3 aliphatic carbocycles. The summed E-state index contributed by atoms with van der Waals surface area (Å²) in [6, 6.07) is 2.16. The summed E-state index contributed by atoms with van der Waals surface area (Å²) in [4.78, 5) is 0.336. The zero-order chi connectivity index (χ0) is 20.4. The minimum absolute atomic E-state index is 0. The van der Waals surface area contributed by atoms with Crippen LogP contribution in [0, 0.1) is 6.92 Å². The highest BCUT2D eigenvalue weighted by Crippen LogP contribution is 2.48. The molecule has 30 heavy (non-hydrogen) atoms. The van der Waals surface area contributed by atoms with E-state index in [1.54, 1.807) is 0 Å². The molecule has 3 fully saturated rings. The molecule has 0 aliphatic heterocycles. The van der Waals surface area contributed by atoms with E-state index in [1.165, 1.54) is 56.1 Å². The fourth-order valence-electron chi connectivity index (χ4n) is 6.60. The summed E-state index contributed by atoms with van der Waals surface area (Å²) in [6.45, 7) is 2.20. The first-order valence-corrected chi connectivity index (χ1v) is 13.6. The average molecular weight is 453 g/mol. The van der Waals surface area contributed by atoms with E-state index in [1.807, 2.05) is 0 Å². The fourth-order valence-corrected chi connectivity index (χ4v) is 7.68. The zero-order valence-electron chi connectivity index (χ0n) is 18.6. The number of aryl methyl sites for hydroxylation is 1. The smallest absolute Gasteiger partial charge is 0.282 e. The summed E-state index contributed by atoms with van der Waals surface area (Å²) < 4.78 is 36.2. The van der Waals surface area contributed by atoms with E-state index < -0.39 is 10.1 Å². The summed E-state index contributed by atoms with van der Waals surface area (Å²) in [6.07, 6.45) is 17.5. The van der Waals surface area contributed by atoms with Gasteiger partial charge in [-0.1, -0.05) is 63.9 Å². The van der Waals surface area contributed by atoms with Crippen LogP contribution in [0.15, 0.2) is 11.0 Å². The first-order valence-electron chi connectivity index (χ1n) is 12.1. The second-order valence-corrected chi connectivity index (χ2v) is 11.3.